The molecule has 0 aromatic heterocycles. The third-order valence-electron chi connectivity index (χ3n) is 5.19. The summed E-state index contributed by atoms with van der Waals surface area (Å²) in [5.41, 5.74) is 0.544. The van der Waals surface area contributed by atoms with Crippen molar-refractivity contribution in [3.63, 3.8) is 0 Å². The van der Waals surface area contributed by atoms with Gasteiger partial charge in [0.2, 0.25) is 7.37 Å². The van der Waals surface area contributed by atoms with Gasteiger partial charge in [0.05, 0.1) is 6.61 Å². The molecule has 0 aromatic rings. The van der Waals surface area contributed by atoms with Crippen molar-refractivity contribution in [2.45, 2.75) is 108 Å². The number of hydrogen-bond donors (Lipinski definition) is 0. The first kappa shape index (κ1) is 27.2. The van der Waals surface area contributed by atoms with Crippen molar-refractivity contribution in [3.8, 4) is 0 Å². The summed E-state index contributed by atoms with van der Waals surface area (Å²) < 4.78 is 20.2. The van der Waals surface area contributed by atoms with Crippen LogP contribution in [-0.4, -0.2) is 18.9 Å². The number of rotatable bonds is 13. The number of unbranched alkanes of at least 4 members (excludes halogenated alkanes) is 1. The van der Waals surface area contributed by atoms with E-state index in [2.05, 4.69) is 69.2 Å². The van der Waals surface area contributed by atoms with Crippen LogP contribution in [0.3, 0.4) is 0 Å². The Hall–Kier alpha value is 0.190. The summed E-state index contributed by atoms with van der Waals surface area (Å²) in [4.78, 5) is 0. The molecule has 0 heterocycles. The van der Waals surface area contributed by atoms with Crippen molar-refractivity contribution in [3.05, 3.63) is 0 Å². The third kappa shape index (κ3) is 14.8. The minimum Gasteiger partial charge on any atom is -0.328 e. The summed E-state index contributed by atoms with van der Waals surface area (Å²) >= 11 is 0. The van der Waals surface area contributed by atoms with E-state index >= 15 is 0 Å². The third-order valence-corrected chi connectivity index (χ3v) is 8.17. The standard InChI is InChI=1S/C24H51O2P/c1-11-13-14-22(12-2)17-26-27(25,18-20(3)15-23(5,6)7)19-21(4)16-24(8,9)10/h20-22H,11-19H2,1-10H3. The van der Waals surface area contributed by atoms with E-state index in [-0.39, 0.29) is 10.8 Å². The van der Waals surface area contributed by atoms with Crippen LogP contribution in [0.2, 0.25) is 0 Å². The fraction of sp³-hybridized carbons (Fsp3) is 1.00. The summed E-state index contributed by atoms with van der Waals surface area (Å²) in [6.07, 6.45) is 8.46. The van der Waals surface area contributed by atoms with E-state index in [4.69, 9.17) is 4.52 Å². The first-order valence-corrected chi connectivity index (χ1v) is 13.4. The highest BCUT2D eigenvalue weighted by Gasteiger charge is 2.32. The second-order valence-electron chi connectivity index (χ2n) is 11.6. The van der Waals surface area contributed by atoms with Crippen molar-refractivity contribution in [1.29, 1.82) is 0 Å². The van der Waals surface area contributed by atoms with Crippen LogP contribution in [0.1, 0.15) is 108 Å². The molecular formula is C24H51O2P. The Morgan fingerprint density at radius 1 is 0.852 bits per heavy atom. The maximum atomic E-state index is 13.9. The van der Waals surface area contributed by atoms with E-state index in [1.807, 2.05) is 0 Å². The summed E-state index contributed by atoms with van der Waals surface area (Å²) in [7, 11) is -2.60. The monoisotopic (exact) mass is 402 g/mol. The van der Waals surface area contributed by atoms with Crippen LogP contribution in [0, 0.1) is 28.6 Å². The first-order chi connectivity index (χ1) is 12.2. The van der Waals surface area contributed by atoms with Crippen LogP contribution in [-0.2, 0) is 9.09 Å². The fourth-order valence-corrected chi connectivity index (χ4v) is 7.49. The second kappa shape index (κ2) is 12.0. The molecule has 0 saturated carbocycles. The van der Waals surface area contributed by atoms with Crippen molar-refractivity contribution >= 4 is 7.37 Å². The lowest BCUT2D eigenvalue weighted by Gasteiger charge is -2.31. The molecule has 3 atom stereocenters. The molecule has 2 nitrogen and oxygen atoms in total. The Balaban J connectivity index is 5.08. The SMILES string of the molecule is CCCCC(CC)COP(=O)(CC(C)CC(C)(C)C)CC(C)CC(C)(C)C. The van der Waals surface area contributed by atoms with Gasteiger partial charge >= 0.3 is 0 Å². The van der Waals surface area contributed by atoms with Gasteiger partial charge in [0.15, 0.2) is 0 Å². The largest absolute Gasteiger partial charge is 0.328 e. The van der Waals surface area contributed by atoms with Gasteiger partial charge in [-0.3, -0.25) is 4.57 Å². The Bertz CT molecular complexity index is 403. The minimum absolute atomic E-state index is 0.272. The maximum absolute atomic E-state index is 13.9. The fourth-order valence-electron chi connectivity index (χ4n) is 4.49. The molecule has 0 aliphatic rings. The molecule has 0 aliphatic heterocycles. The summed E-state index contributed by atoms with van der Waals surface area (Å²) in [5, 5.41) is 0. The Morgan fingerprint density at radius 2 is 1.30 bits per heavy atom. The molecule has 0 bridgehead atoms. The molecule has 0 spiro atoms. The van der Waals surface area contributed by atoms with E-state index in [1.54, 1.807) is 0 Å². The summed E-state index contributed by atoms with van der Waals surface area (Å²) in [6, 6.07) is 0. The average molecular weight is 403 g/mol. The van der Waals surface area contributed by atoms with Gasteiger partial charge in [0, 0.05) is 12.3 Å². The summed E-state index contributed by atoms with van der Waals surface area (Å²) in [6.45, 7) is 23.3. The molecule has 3 heteroatoms. The lowest BCUT2D eigenvalue weighted by atomic mass is 9.86. The zero-order valence-electron chi connectivity index (χ0n) is 20.4. The van der Waals surface area contributed by atoms with Gasteiger partial charge < -0.3 is 4.52 Å². The Morgan fingerprint density at radius 3 is 1.63 bits per heavy atom. The van der Waals surface area contributed by atoms with Gasteiger partial charge in [-0.25, -0.2) is 0 Å². The predicted octanol–water partition coefficient (Wildman–Crippen LogP) is 8.64. The summed E-state index contributed by atoms with van der Waals surface area (Å²) in [5.74, 6) is 1.43. The van der Waals surface area contributed by atoms with Crippen LogP contribution < -0.4 is 0 Å². The van der Waals surface area contributed by atoms with Crippen LogP contribution in [0.15, 0.2) is 0 Å². The molecule has 0 radical (unpaired) electrons. The van der Waals surface area contributed by atoms with E-state index in [0.717, 1.165) is 31.6 Å². The van der Waals surface area contributed by atoms with Gasteiger partial charge in [-0.15, -0.1) is 0 Å². The van der Waals surface area contributed by atoms with Crippen LogP contribution in [0.5, 0.6) is 0 Å². The van der Waals surface area contributed by atoms with Gasteiger partial charge in [-0.1, -0.05) is 88.5 Å². The molecular weight excluding hydrogens is 351 g/mol. The predicted molar refractivity (Wildman–Crippen MR) is 123 cm³/mol. The van der Waals surface area contributed by atoms with E-state index in [1.165, 1.54) is 19.3 Å². The molecule has 0 rings (SSSR count). The molecule has 0 amide bonds. The zero-order chi connectivity index (χ0) is 21.3. The lowest BCUT2D eigenvalue weighted by Crippen LogP contribution is -2.20. The molecule has 27 heavy (non-hydrogen) atoms. The normalized spacial score (nSPS) is 18.7. The van der Waals surface area contributed by atoms with Crippen molar-refractivity contribution in [2.75, 3.05) is 18.9 Å². The highest BCUT2D eigenvalue weighted by molar-refractivity contribution is 7.59. The Labute approximate surface area is 172 Å². The maximum Gasteiger partial charge on any atom is 0.203 e. The molecule has 3 unspecified atom stereocenters. The van der Waals surface area contributed by atoms with Crippen molar-refractivity contribution in [2.24, 2.45) is 28.6 Å². The molecule has 0 fully saturated rings. The molecule has 164 valence electrons. The number of hydrogen-bond acceptors (Lipinski definition) is 2. The van der Waals surface area contributed by atoms with Gasteiger partial charge in [0.25, 0.3) is 0 Å². The topological polar surface area (TPSA) is 26.3 Å². The highest BCUT2D eigenvalue weighted by Crippen LogP contribution is 2.52. The van der Waals surface area contributed by atoms with Gasteiger partial charge in [-0.05, 0) is 47.8 Å². The van der Waals surface area contributed by atoms with Crippen molar-refractivity contribution in [1.82, 2.24) is 0 Å². The van der Waals surface area contributed by atoms with Crippen LogP contribution in [0.4, 0.5) is 0 Å². The smallest absolute Gasteiger partial charge is 0.203 e. The quantitative estimate of drug-likeness (QED) is 0.288. The zero-order valence-corrected chi connectivity index (χ0v) is 21.3. The highest BCUT2D eigenvalue weighted by atomic mass is 31.2. The minimum atomic E-state index is -2.60. The van der Waals surface area contributed by atoms with Gasteiger partial charge in [-0.2, -0.15) is 0 Å². The molecule has 0 aliphatic carbocycles. The van der Waals surface area contributed by atoms with Gasteiger partial charge in [0.1, 0.15) is 0 Å². The van der Waals surface area contributed by atoms with E-state index in [0.29, 0.717) is 24.4 Å². The lowest BCUT2D eigenvalue weighted by molar-refractivity contribution is 0.225. The average Bonchev–Trinajstić information content (AvgIpc) is 2.42. The molecule has 0 aromatic carbocycles. The van der Waals surface area contributed by atoms with E-state index in [9.17, 15) is 4.57 Å². The van der Waals surface area contributed by atoms with Crippen molar-refractivity contribution < 1.29 is 9.09 Å². The second-order valence-corrected chi connectivity index (χ2v) is 14.2. The molecule has 0 N–H and O–H groups in total. The first-order valence-electron chi connectivity index (χ1n) is 11.4. The Kier molecular flexibility index (Phi) is 12.1. The van der Waals surface area contributed by atoms with Crippen LogP contribution in [0.25, 0.3) is 0 Å². The van der Waals surface area contributed by atoms with E-state index < -0.39 is 7.37 Å². The van der Waals surface area contributed by atoms with Crippen LogP contribution >= 0.6 is 7.37 Å². The molecule has 0 saturated heterocycles.